The van der Waals surface area contributed by atoms with E-state index in [4.69, 9.17) is 0 Å². The van der Waals surface area contributed by atoms with Gasteiger partial charge in [-0.1, -0.05) is 12.1 Å². The summed E-state index contributed by atoms with van der Waals surface area (Å²) in [7, 11) is -3.36. The first kappa shape index (κ1) is 32.9. The Morgan fingerprint density at radius 1 is 1.02 bits per heavy atom. The monoisotopic (exact) mass is 649 g/mol. The molecule has 0 saturated carbocycles. The van der Waals surface area contributed by atoms with E-state index in [1.54, 1.807) is 4.31 Å². The molecular weight excluding hydrogens is 608 g/mol. The van der Waals surface area contributed by atoms with E-state index in [1.165, 1.54) is 18.0 Å². The molecular formula is C30H41F2N7O5S. The predicted molar refractivity (Wildman–Crippen MR) is 165 cm³/mol. The quantitative estimate of drug-likeness (QED) is 0.293. The Labute approximate surface area is 262 Å². The molecule has 3 aliphatic heterocycles. The van der Waals surface area contributed by atoms with Gasteiger partial charge in [0.05, 0.1) is 18.1 Å². The largest absolute Gasteiger partial charge is 0.432 e. The molecule has 3 saturated heterocycles. The number of aromatic nitrogens is 2. The molecule has 1 atom stereocenters. The Bertz CT molecular complexity index is 1430. The zero-order valence-corrected chi connectivity index (χ0v) is 26.2. The number of sulfonamides is 1. The maximum absolute atomic E-state index is 13.0. The van der Waals surface area contributed by atoms with E-state index in [9.17, 15) is 26.8 Å². The van der Waals surface area contributed by atoms with Crippen LogP contribution in [0.4, 0.5) is 20.4 Å². The van der Waals surface area contributed by atoms with E-state index in [-0.39, 0.29) is 35.3 Å². The van der Waals surface area contributed by atoms with E-state index in [2.05, 4.69) is 47.7 Å². The number of aryl methyl sites for hydroxylation is 1. The van der Waals surface area contributed by atoms with Crippen molar-refractivity contribution in [1.29, 1.82) is 0 Å². The Morgan fingerprint density at radius 2 is 1.73 bits per heavy atom. The molecule has 0 aliphatic carbocycles. The summed E-state index contributed by atoms with van der Waals surface area (Å²) in [5, 5.41) is 8.80. The van der Waals surface area contributed by atoms with Gasteiger partial charge in [0, 0.05) is 31.2 Å². The van der Waals surface area contributed by atoms with Crippen molar-refractivity contribution in [3.05, 3.63) is 41.7 Å². The highest BCUT2D eigenvalue weighted by Crippen LogP contribution is 2.31. The minimum atomic E-state index is -3.36. The highest BCUT2D eigenvalue weighted by atomic mass is 32.2. The van der Waals surface area contributed by atoms with Crippen molar-refractivity contribution in [2.45, 2.75) is 76.5 Å². The Balaban J connectivity index is 1.00. The van der Waals surface area contributed by atoms with Gasteiger partial charge in [0.2, 0.25) is 27.8 Å². The first-order valence-corrected chi connectivity index (χ1v) is 17.1. The van der Waals surface area contributed by atoms with Crippen molar-refractivity contribution in [2.24, 2.45) is 0 Å². The lowest BCUT2D eigenvalue weighted by molar-refractivity contribution is -0.133. The van der Waals surface area contributed by atoms with Crippen LogP contribution in [0.3, 0.4) is 0 Å². The van der Waals surface area contributed by atoms with Gasteiger partial charge < -0.3 is 20.3 Å². The Hall–Kier alpha value is -3.43. The molecule has 1 aromatic heterocycles. The minimum absolute atomic E-state index is 0.0128. The second-order valence-corrected chi connectivity index (χ2v) is 14.0. The smallest absolute Gasteiger partial charge is 0.387 e. The number of hydrogen-bond acceptors (Lipinski definition) is 10. The number of ether oxygens (including phenoxy) is 1. The van der Waals surface area contributed by atoms with Crippen LogP contribution < -0.4 is 20.7 Å². The van der Waals surface area contributed by atoms with Gasteiger partial charge in [-0.2, -0.15) is 8.78 Å². The number of halogens is 2. The van der Waals surface area contributed by atoms with Crippen molar-refractivity contribution in [1.82, 2.24) is 24.5 Å². The molecule has 4 heterocycles. The van der Waals surface area contributed by atoms with Gasteiger partial charge in [-0.25, -0.2) is 22.7 Å². The summed E-state index contributed by atoms with van der Waals surface area (Å²) >= 11 is 0. The number of nitrogens with one attached hydrogen (secondary N) is 3. The molecule has 3 N–H and O–H groups in total. The lowest BCUT2D eigenvalue weighted by Crippen LogP contribution is -2.47. The van der Waals surface area contributed by atoms with Crippen molar-refractivity contribution < 1.29 is 31.5 Å². The number of carbonyl (C=O) groups is 2. The average molecular weight is 650 g/mol. The summed E-state index contributed by atoms with van der Waals surface area (Å²) in [6, 6.07) is 5.88. The molecule has 45 heavy (non-hydrogen) atoms. The Kier molecular flexibility index (Phi) is 10.8. The molecule has 3 fully saturated rings. The molecule has 1 aromatic carbocycles. The zero-order chi connectivity index (χ0) is 32.0. The fourth-order valence-corrected chi connectivity index (χ4v) is 7.75. The van der Waals surface area contributed by atoms with Gasteiger partial charge in [-0.15, -0.1) is 0 Å². The number of benzene rings is 1. The van der Waals surface area contributed by atoms with Crippen molar-refractivity contribution in [3.63, 3.8) is 0 Å². The molecule has 3 aliphatic rings. The number of hydrogen-bond donors (Lipinski definition) is 3. The van der Waals surface area contributed by atoms with E-state index in [0.717, 1.165) is 43.7 Å². The number of likely N-dealkylation sites (tertiary alicyclic amines) is 1. The molecule has 2 amide bonds. The van der Waals surface area contributed by atoms with E-state index in [1.807, 2.05) is 13.0 Å². The fourth-order valence-electron chi connectivity index (χ4n) is 6.23. The number of piperidine rings is 3. The van der Waals surface area contributed by atoms with Crippen LogP contribution >= 0.6 is 0 Å². The van der Waals surface area contributed by atoms with Crippen molar-refractivity contribution in [3.8, 4) is 5.75 Å². The van der Waals surface area contributed by atoms with E-state index < -0.39 is 22.7 Å². The van der Waals surface area contributed by atoms with Gasteiger partial charge in [0.25, 0.3) is 0 Å². The highest BCUT2D eigenvalue weighted by Gasteiger charge is 2.29. The van der Waals surface area contributed by atoms with Crippen molar-refractivity contribution in [2.75, 3.05) is 49.1 Å². The van der Waals surface area contributed by atoms with Crippen LogP contribution in [0.1, 0.15) is 62.0 Å². The summed E-state index contributed by atoms with van der Waals surface area (Å²) in [6.07, 6.45) is 6.93. The van der Waals surface area contributed by atoms with Gasteiger partial charge in [-0.3, -0.25) is 14.9 Å². The van der Waals surface area contributed by atoms with Crippen LogP contribution in [0.5, 0.6) is 5.75 Å². The molecule has 0 spiro atoms. The van der Waals surface area contributed by atoms with Crippen LogP contribution in [0.15, 0.2) is 30.6 Å². The molecule has 0 bridgehead atoms. The van der Waals surface area contributed by atoms with Crippen LogP contribution in [-0.4, -0.2) is 96.6 Å². The molecule has 15 heteroatoms. The van der Waals surface area contributed by atoms with Crippen LogP contribution in [-0.2, 0) is 19.6 Å². The highest BCUT2D eigenvalue weighted by molar-refractivity contribution is 7.89. The number of amides is 2. The van der Waals surface area contributed by atoms with Crippen LogP contribution in [0, 0.1) is 6.92 Å². The first-order valence-electron chi connectivity index (χ1n) is 15.5. The maximum atomic E-state index is 13.0. The SMILES string of the molecule is Cc1cc(C2CCN(CCCS(=O)(=O)N3CCC(Nc4ncc(OC(F)F)cn4)CC3)CC2)ccc1NC1CCC(=O)NC1=O. The van der Waals surface area contributed by atoms with Gasteiger partial charge in [-0.05, 0) is 88.2 Å². The number of carbonyl (C=O) groups excluding carboxylic acids is 2. The van der Waals surface area contributed by atoms with Gasteiger partial charge in [0.15, 0.2) is 5.75 Å². The third-order valence-corrected chi connectivity index (χ3v) is 10.7. The number of rotatable bonds is 12. The summed E-state index contributed by atoms with van der Waals surface area (Å²) in [6.45, 7) is 2.45. The minimum Gasteiger partial charge on any atom is -0.432 e. The molecule has 1 unspecified atom stereocenters. The molecule has 12 nitrogen and oxygen atoms in total. The molecule has 0 radical (unpaired) electrons. The predicted octanol–water partition coefficient (Wildman–Crippen LogP) is 3.08. The topological polar surface area (TPSA) is 146 Å². The van der Waals surface area contributed by atoms with Crippen LogP contribution in [0.25, 0.3) is 0 Å². The Morgan fingerprint density at radius 3 is 2.38 bits per heavy atom. The normalized spacial score (nSPS) is 21.1. The standard InChI is InChI=1S/C30H41F2N7O5S/c1-20-17-22(3-4-25(20)36-26-5-6-27(40)37-28(26)41)21-7-12-38(13-8-21)11-2-16-45(42,43)39-14-9-23(10-15-39)35-30-33-18-24(19-34-30)44-29(31)32/h3-4,17-19,21,23,26,29,36H,2,5-16H2,1H3,(H,33,34,35)(H,37,40,41). The number of imide groups is 1. The number of anilines is 2. The first-order chi connectivity index (χ1) is 21.6. The van der Waals surface area contributed by atoms with E-state index >= 15 is 0 Å². The third kappa shape index (κ3) is 9.07. The van der Waals surface area contributed by atoms with Crippen LogP contribution in [0.2, 0.25) is 0 Å². The van der Waals surface area contributed by atoms with Gasteiger partial charge >= 0.3 is 6.61 Å². The second kappa shape index (κ2) is 14.8. The molecule has 5 rings (SSSR count). The lowest BCUT2D eigenvalue weighted by Gasteiger charge is -2.33. The summed E-state index contributed by atoms with van der Waals surface area (Å²) in [4.78, 5) is 33.9. The maximum Gasteiger partial charge on any atom is 0.387 e. The number of nitrogens with zero attached hydrogens (tertiary/aromatic N) is 4. The van der Waals surface area contributed by atoms with Gasteiger partial charge in [0.1, 0.15) is 6.04 Å². The number of alkyl halides is 2. The lowest BCUT2D eigenvalue weighted by atomic mass is 9.88. The average Bonchev–Trinajstić information content (AvgIpc) is 3.01. The molecule has 2 aromatic rings. The second-order valence-electron chi connectivity index (χ2n) is 11.9. The summed E-state index contributed by atoms with van der Waals surface area (Å²) in [5.41, 5.74) is 3.23. The fraction of sp³-hybridized carbons (Fsp3) is 0.600. The third-order valence-electron chi connectivity index (χ3n) is 8.79. The molecule has 246 valence electrons. The summed E-state index contributed by atoms with van der Waals surface area (Å²) in [5.74, 6) is 0.196. The van der Waals surface area contributed by atoms with Crippen molar-refractivity contribution >= 4 is 33.5 Å². The zero-order valence-electron chi connectivity index (χ0n) is 25.4. The summed E-state index contributed by atoms with van der Waals surface area (Å²) < 4.78 is 56.4. The van der Waals surface area contributed by atoms with E-state index in [0.29, 0.717) is 51.1 Å².